The van der Waals surface area contributed by atoms with Gasteiger partial charge in [-0.15, -0.1) is 0 Å². The smallest absolute Gasteiger partial charge is 0.244 e. The molecule has 0 bridgehead atoms. The molecule has 120 valence electrons. The van der Waals surface area contributed by atoms with Gasteiger partial charge in [-0.1, -0.05) is 75.4 Å². The summed E-state index contributed by atoms with van der Waals surface area (Å²) in [7, 11) is 0. The van der Waals surface area contributed by atoms with E-state index in [0.717, 1.165) is 17.5 Å². The summed E-state index contributed by atoms with van der Waals surface area (Å²) in [6.07, 6.45) is 4.47. The zero-order valence-corrected chi connectivity index (χ0v) is 14.1. The molecule has 0 unspecified atom stereocenters. The van der Waals surface area contributed by atoms with Crippen molar-refractivity contribution in [1.29, 1.82) is 0 Å². The molecular weight excluding hydrogens is 282 g/mol. The van der Waals surface area contributed by atoms with Crippen molar-refractivity contribution in [1.82, 2.24) is 5.32 Å². The lowest BCUT2D eigenvalue weighted by Crippen LogP contribution is -2.30. The molecule has 2 nitrogen and oxygen atoms in total. The molecule has 2 aromatic rings. The molecule has 0 aliphatic carbocycles. The Bertz CT molecular complexity index is 641. The van der Waals surface area contributed by atoms with Gasteiger partial charge in [0.25, 0.3) is 0 Å². The van der Waals surface area contributed by atoms with Crippen LogP contribution in [0.4, 0.5) is 0 Å². The van der Waals surface area contributed by atoms with Crippen LogP contribution in [-0.2, 0) is 11.2 Å². The molecule has 2 heteroatoms. The molecule has 0 aliphatic heterocycles. The maximum atomic E-state index is 12.2. The first-order chi connectivity index (χ1) is 11.1. The van der Waals surface area contributed by atoms with Gasteiger partial charge in [0.05, 0.1) is 6.04 Å². The minimum atomic E-state index is -0.0629. The van der Waals surface area contributed by atoms with Crippen LogP contribution in [0.5, 0.6) is 0 Å². The summed E-state index contributed by atoms with van der Waals surface area (Å²) in [5.74, 6) is 0.267. The second-order valence-electron chi connectivity index (χ2n) is 6.07. The summed E-state index contributed by atoms with van der Waals surface area (Å²) in [6.45, 7) is 6.39. The predicted molar refractivity (Wildman–Crippen MR) is 97.0 cm³/mol. The number of benzene rings is 2. The molecule has 0 heterocycles. The molecule has 1 amide bonds. The predicted octanol–water partition coefficient (Wildman–Crippen LogP) is 4.78. The summed E-state index contributed by atoms with van der Waals surface area (Å²) in [5, 5.41) is 3.11. The van der Waals surface area contributed by atoms with Gasteiger partial charge in [-0.05, 0) is 35.1 Å². The number of carbonyl (C=O) groups excluding carboxylic acids is 1. The standard InChI is InChI=1S/C21H25NO/c1-4-17-10-13-19(14-11-17)21(16(2)3)22-20(23)15-12-18-8-6-5-7-9-18/h5-16,21H,4H2,1-3H3,(H,22,23)/b15-12+/t21-/m0/s1. The lowest BCUT2D eigenvalue weighted by Gasteiger charge is -2.22. The van der Waals surface area contributed by atoms with Gasteiger partial charge in [0.1, 0.15) is 0 Å². The van der Waals surface area contributed by atoms with Crippen molar-refractivity contribution in [3.05, 3.63) is 77.4 Å². The highest BCUT2D eigenvalue weighted by atomic mass is 16.1. The minimum absolute atomic E-state index is 0.0221. The van der Waals surface area contributed by atoms with Crippen LogP contribution in [0.3, 0.4) is 0 Å². The Labute approximate surface area is 139 Å². The Kier molecular flexibility index (Phi) is 6.16. The van der Waals surface area contributed by atoms with Crippen LogP contribution in [0, 0.1) is 5.92 Å². The zero-order valence-electron chi connectivity index (χ0n) is 14.1. The molecule has 0 aliphatic rings. The topological polar surface area (TPSA) is 29.1 Å². The fraction of sp³-hybridized carbons (Fsp3) is 0.286. The zero-order chi connectivity index (χ0) is 16.7. The van der Waals surface area contributed by atoms with Crippen LogP contribution in [0.15, 0.2) is 60.7 Å². The Morgan fingerprint density at radius 1 is 1.04 bits per heavy atom. The van der Waals surface area contributed by atoms with Crippen molar-refractivity contribution >= 4 is 12.0 Å². The van der Waals surface area contributed by atoms with Crippen molar-refractivity contribution in [3.63, 3.8) is 0 Å². The van der Waals surface area contributed by atoms with Crippen LogP contribution < -0.4 is 5.32 Å². The first-order valence-electron chi connectivity index (χ1n) is 8.22. The third kappa shape index (κ3) is 5.10. The average molecular weight is 307 g/mol. The van der Waals surface area contributed by atoms with E-state index in [9.17, 15) is 4.79 Å². The molecule has 1 N–H and O–H groups in total. The van der Waals surface area contributed by atoms with Crippen LogP contribution in [0.2, 0.25) is 0 Å². The van der Waals surface area contributed by atoms with Crippen molar-refractivity contribution in [2.45, 2.75) is 33.2 Å². The van der Waals surface area contributed by atoms with E-state index < -0.39 is 0 Å². The summed E-state index contributed by atoms with van der Waals surface area (Å²) in [6, 6.07) is 18.4. The highest BCUT2D eigenvalue weighted by Crippen LogP contribution is 2.22. The second-order valence-corrected chi connectivity index (χ2v) is 6.07. The highest BCUT2D eigenvalue weighted by Gasteiger charge is 2.17. The summed E-state index contributed by atoms with van der Waals surface area (Å²) in [4.78, 5) is 12.2. The first kappa shape index (κ1) is 17.0. The summed E-state index contributed by atoms with van der Waals surface area (Å²) >= 11 is 0. The number of carbonyl (C=O) groups is 1. The molecule has 2 rings (SSSR count). The molecule has 2 aromatic carbocycles. The molecule has 1 atom stereocenters. The van der Waals surface area contributed by atoms with E-state index in [2.05, 4.69) is 50.4 Å². The molecule has 0 saturated heterocycles. The lowest BCUT2D eigenvalue weighted by atomic mass is 9.95. The summed E-state index contributed by atoms with van der Waals surface area (Å²) in [5.41, 5.74) is 3.49. The Morgan fingerprint density at radius 2 is 1.70 bits per heavy atom. The van der Waals surface area contributed by atoms with Crippen molar-refractivity contribution in [3.8, 4) is 0 Å². The van der Waals surface area contributed by atoms with E-state index in [1.54, 1.807) is 6.08 Å². The van der Waals surface area contributed by atoms with Gasteiger partial charge in [0.15, 0.2) is 0 Å². The normalized spacial score (nSPS) is 12.5. The molecule has 0 spiro atoms. The van der Waals surface area contributed by atoms with Crippen LogP contribution in [-0.4, -0.2) is 5.91 Å². The lowest BCUT2D eigenvalue weighted by molar-refractivity contribution is -0.117. The monoisotopic (exact) mass is 307 g/mol. The van der Waals surface area contributed by atoms with Crippen molar-refractivity contribution < 1.29 is 4.79 Å². The number of nitrogens with one attached hydrogen (secondary N) is 1. The quantitative estimate of drug-likeness (QED) is 0.765. The maximum Gasteiger partial charge on any atom is 0.244 e. The average Bonchev–Trinajstić information content (AvgIpc) is 2.58. The van der Waals surface area contributed by atoms with Crippen molar-refractivity contribution in [2.24, 2.45) is 5.92 Å². The molecule has 0 radical (unpaired) electrons. The van der Waals surface area contributed by atoms with E-state index in [1.807, 2.05) is 36.4 Å². The van der Waals surface area contributed by atoms with Gasteiger partial charge in [0.2, 0.25) is 5.91 Å². The van der Waals surface area contributed by atoms with E-state index in [1.165, 1.54) is 5.56 Å². The van der Waals surface area contributed by atoms with Gasteiger partial charge < -0.3 is 5.32 Å². The Morgan fingerprint density at radius 3 is 2.26 bits per heavy atom. The number of amides is 1. The van der Waals surface area contributed by atoms with Crippen LogP contribution in [0.25, 0.3) is 6.08 Å². The highest BCUT2D eigenvalue weighted by molar-refractivity contribution is 5.92. The van der Waals surface area contributed by atoms with E-state index in [0.29, 0.717) is 5.92 Å². The third-order valence-electron chi connectivity index (χ3n) is 3.94. The number of rotatable bonds is 6. The van der Waals surface area contributed by atoms with E-state index in [4.69, 9.17) is 0 Å². The number of aryl methyl sites for hydroxylation is 1. The molecule has 0 saturated carbocycles. The van der Waals surface area contributed by atoms with E-state index >= 15 is 0 Å². The van der Waals surface area contributed by atoms with E-state index in [-0.39, 0.29) is 11.9 Å². The first-order valence-corrected chi connectivity index (χ1v) is 8.22. The molecule has 0 fully saturated rings. The van der Waals surface area contributed by atoms with Gasteiger partial charge in [-0.3, -0.25) is 4.79 Å². The van der Waals surface area contributed by atoms with Gasteiger partial charge in [0, 0.05) is 6.08 Å². The number of hydrogen-bond acceptors (Lipinski definition) is 1. The molecule has 0 aromatic heterocycles. The maximum absolute atomic E-state index is 12.2. The van der Waals surface area contributed by atoms with Gasteiger partial charge in [-0.25, -0.2) is 0 Å². The molecule has 23 heavy (non-hydrogen) atoms. The molecular formula is C21H25NO. The van der Waals surface area contributed by atoms with Crippen LogP contribution >= 0.6 is 0 Å². The van der Waals surface area contributed by atoms with Gasteiger partial charge >= 0.3 is 0 Å². The Balaban J connectivity index is 2.06. The van der Waals surface area contributed by atoms with Crippen molar-refractivity contribution in [2.75, 3.05) is 0 Å². The third-order valence-corrected chi connectivity index (χ3v) is 3.94. The fourth-order valence-corrected chi connectivity index (χ4v) is 2.53. The second kappa shape index (κ2) is 8.33. The van der Waals surface area contributed by atoms with Crippen LogP contribution in [0.1, 0.15) is 43.5 Å². The SMILES string of the molecule is CCc1ccc([C@@H](NC(=O)/C=C/c2ccccc2)C(C)C)cc1. The number of hydrogen-bond donors (Lipinski definition) is 1. The largest absolute Gasteiger partial charge is 0.345 e. The minimum Gasteiger partial charge on any atom is -0.345 e. The van der Waals surface area contributed by atoms with Gasteiger partial charge in [-0.2, -0.15) is 0 Å². The Hall–Kier alpha value is -2.35. The fourth-order valence-electron chi connectivity index (χ4n) is 2.53. The summed E-state index contributed by atoms with van der Waals surface area (Å²) < 4.78 is 0.